The topological polar surface area (TPSA) is 123 Å². The summed E-state index contributed by atoms with van der Waals surface area (Å²) < 4.78 is 31.6. The third-order valence-corrected chi connectivity index (χ3v) is 6.26. The number of carbonyl (C=O) groups excluding carboxylic acids is 1. The number of sulfonamides is 1. The molecule has 2 N–H and O–H groups in total. The molecule has 0 aliphatic heterocycles. The van der Waals surface area contributed by atoms with Crippen LogP contribution in [0.25, 0.3) is 10.8 Å². The highest BCUT2D eigenvalue weighted by Crippen LogP contribution is 2.21. The average molecular weight is 437 g/mol. The molecular formula is C18H20N4O5S2. The van der Waals surface area contributed by atoms with Crippen molar-refractivity contribution in [1.29, 1.82) is 0 Å². The van der Waals surface area contributed by atoms with Gasteiger partial charge in [-0.3, -0.25) is 4.79 Å². The normalized spacial score (nSPS) is 11.5. The van der Waals surface area contributed by atoms with E-state index in [2.05, 4.69) is 15.1 Å². The summed E-state index contributed by atoms with van der Waals surface area (Å²) in [6.07, 6.45) is 0.0782. The Hall–Kier alpha value is -2.76. The number of hydrogen-bond acceptors (Lipinski definition) is 7. The second-order valence-electron chi connectivity index (χ2n) is 6.18. The standard InChI is InChI=1S/C18H20N4O5S2/c1-19-29(25,26)12-14-6-4-13(5-7-14)11-20-16(23)8-9-22-18(24)27-17(21-22)15-3-2-10-28-15/h2-7,10,19H,8-9,11-12H2,1H3,(H,20,23). The van der Waals surface area contributed by atoms with Crippen molar-refractivity contribution in [3.63, 3.8) is 0 Å². The fourth-order valence-electron chi connectivity index (χ4n) is 2.49. The summed E-state index contributed by atoms with van der Waals surface area (Å²) >= 11 is 1.41. The summed E-state index contributed by atoms with van der Waals surface area (Å²) in [5.74, 6) is -0.700. The molecule has 29 heavy (non-hydrogen) atoms. The van der Waals surface area contributed by atoms with Crippen LogP contribution in [-0.2, 0) is 33.7 Å². The molecule has 2 heterocycles. The lowest BCUT2D eigenvalue weighted by Gasteiger charge is -2.07. The summed E-state index contributed by atoms with van der Waals surface area (Å²) in [5.41, 5.74) is 1.49. The maximum atomic E-state index is 12.1. The van der Waals surface area contributed by atoms with Gasteiger partial charge in [-0.25, -0.2) is 17.9 Å². The molecule has 9 nitrogen and oxygen atoms in total. The van der Waals surface area contributed by atoms with Gasteiger partial charge in [-0.15, -0.1) is 16.4 Å². The average Bonchev–Trinajstić information content (AvgIpc) is 3.35. The lowest BCUT2D eigenvalue weighted by atomic mass is 10.1. The van der Waals surface area contributed by atoms with E-state index in [1.807, 2.05) is 11.4 Å². The monoisotopic (exact) mass is 436 g/mol. The highest BCUT2D eigenvalue weighted by Gasteiger charge is 2.12. The maximum absolute atomic E-state index is 12.1. The Morgan fingerprint density at radius 3 is 2.59 bits per heavy atom. The Kier molecular flexibility index (Phi) is 6.62. The highest BCUT2D eigenvalue weighted by molar-refractivity contribution is 7.88. The van der Waals surface area contributed by atoms with Crippen LogP contribution in [-0.4, -0.2) is 31.2 Å². The van der Waals surface area contributed by atoms with E-state index in [0.29, 0.717) is 12.1 Å². The highest BCUT2D eigenvalue weighted by atomic mass is 32.2. The lowest BCUT2D eigenvalue weighted by molar-refractivity contribution is -0.121. The van der Waals surface area contributed by atoms with Gasteiger partial charge < -0.3 is 9.73 Å². The predicted octanol–water partition coefficient (Wildman–Crippen LogP) is 1.32. The SMILES string of the molecule is CNS(=O)(=O)Cc1ccc(CNC(=O)CCn2nc(-c3cccs3)oc2=O)cc1. The van der Waals surface area contributed by atoms with Crippen molar-refractivity contribution in [3.8, 4) is 10.8 Å². The number of nitrogens with one attached hydrogen (secondary N) is 2. The molecule has 0 saturated carbocycles. The molecular weight excluding hydrogens is 416 g/mol. The molecule has 0 bridgehead atoms. The molecule has 154 valence electrons. The minimum Gasteiger partial charge on any atom is -0.387 e. The van der Waals surface area contributed by atoms with Gasteiger partial charge in [0.05, 0.1) is 17.2 Å². The molecule has 3 rings (SSSR count). The minimum absolute atomic E-state index is 0.0782. The van der Waals surface area contributed by atoms with Gasteiger partial charge in [-0.2, -0.15) is 4.68 Å². The van der Waals surface area contributed by atoms with E-state index in [1.165, 1.54) is 18.4 Å². The van der Waals surface area contributed by atoms with Crippen LogP contribution < -0.4 is 15.8 Å². The van der Waals surface area contributed by atoms with E-state index in [1.54, 1.807) is 30.3 Å². The van der Waals surface area contributed by atoms with Gasteiger partial charge in [0.2, 0.25) is 15.9 Å². The van der Waals surface area contributed by atoms with E-state index in [0.717, 1.165) is 15.1 Å². The minimum atomic E-state index is -3.32. The fourth-order valence-corrected chi connectivity index (χ4v) is 3.91. The first-order valence-corrected chi connectivity index (χ1v) is 11.3. The third kappa shape index (κ3) is 5.86. The molecule has 3 aromatic rings. The van der Waals surface area contributed by atoms with Crippen LogP contribution in [0.5, 0.6) is 0 Å². The number of nitrogens with zero attached hydrogens (tertiary/aromatic N) is 2. The van der Waals surface area contributed by atoms with Crippen LogP contribution in [0, 0.1) is 0 Å². The molecule has 1 aromatic carbocycles. The molecule has 0 fully saturated rings. The number of benzene rings is 1. The molecule has 11 heteroatoms. The molecule has 2 aromatic heterocycles. The van der Waals surface area contributed by atoms with Gasteiger partial charge in [-0.05, 0) is 29.6 Å². The smallest absolute Gasteiger partial charge is 0.387 e. The Morgan fingerprint density at radius 1 is 1.21 bits per heavy atom. The van der Waals surface area contributed by atoms with E-state index >= 15 is 0 Å². The quantitative estimate of drug-likeness (QED) is 0.521. The fraction of sp³-hybridized carbons (Fsp3) is 0.278. The first-order valence-electron chi connectivity index (χ1n) is 8.74. The molecule has 0 unspecified atom stereocenters. The third-order valence-electron chi connectivity index (χ3n) is 4.07. The van der Waals surface area contributed by atoms with E-state index < -0.39 is 15.8 Å². The van der Waals surface area contributed by atoms with Crippen LogP contribution in [0.1, 0.15) is 17.5 Å². The molecule has 0 aliphatic rings. The molecule has 0 radical (unpaired) electrons. The second-order valence-corrected chi connectivity index (χ2v) is 9.05. The zero-order valence-electron chi connectivity index (χ0n) is 15.6. The number of thiophene rings is 1. The Bertz CT molecular complexity index is 1120. The van der Waals surface area contributed by atoms with E-state index in [9.17, 15) is 18.0 Å². The number of aromatic nitrogens is 2. The van der Waals surface area contributed by atoms with Crippen LogP contribution in [0.4, 0.5) is 0 Å². The zero-order valence-corrected chi connectivity index (χ0v) is 17.3. The zero-order chi connectivity index (χ0) is 20.9. The predicted molar refractivity (Wildman–Crippen MR) is 109 cm³/mol. The van der Waals surface area contributed by atoms with Gasteiger partial charge in [0.1, 0.15) is 0 Å². The number of hydrogen-bond donors (Lipinski definition) is 2. The van der Waals surface area contributed by atoms with Crippen molar-refractivity contribution in [1.82, 2.24) is 19.8 Å². The van der Waals surface area contributed by atoms with Crippen molar-refractivity contribution in [2.75, 3.05) is 7.05 Å². The van der Waals surface area contributed by atoms with Gasteiger partial charge in [0.15, 0.2) is 0 Å². The van der Waals surface area contributed by atoms with Gasteiger partial charge in [0.25, 0.3) is 5.89 Å². The molecule has 0 atom stereocenters. The summed E-state index contributed by atoms with van der Waals surface area (Å²) in [6, 6.07) is 10.6. The van der Waals surface area contributed by atoms with E-state index in [-0.39, 0.29) is 30.5 Å². The Labute approximate surface area is 171 Å². The lowest BCUT2D eigenvalue weighted by Crippen LogP contribution is -2.26. The molecule has 0 aliphatic carbocycles. The van der Waals surface area contributed by atoms with Gasteiger partial charge in [-0.1, -0.05) is 30.3 Å². The van der Waals surface area contributed by atoms with E-state index in [4.69, 9.17) is 4.42 Å². The number of aryl methyl sites for hydroxylation is 1. The Morgan fingerprint density at radius 2 is 1.93 bits per heavy atom. The summed E-state index contributed by atoms with van der Waals surface area (Å²) in [6.45, 7) is 0.409. The van der Waals surface area contributed by atoms with Crippen molar-refractivity contribution in [2.24, 2.45) is 0 Å². The van der Waals surface area contributed by atoms with Crippen molar-refractivity contribution in [3.05, 3.63) is 63.5 Å². The van der Waals surface area contributed by atoms with Crippen molar-refractivity contribution in [2.45, 2.75) is 25.3 Å². The summed E-state index contributed by atoms with van der Waals surface area (Å²) in [7, 11) is -1.95. The maximum Gasteiger partial charge on any atom is 0.437 e. The van der Waals surface area contributed by atoms with Crippen LogP contribution in [0.2, 0.25) is 0 Å². The van der Waals surface area contributed by atoms with Crippen molar-refractivity contribution >= 4 is 27.3 Å². The number of carbonyl (C=O) groups is 1. The van der Waals surface area contributed by atoms with Gasteiger partial charge >= 0.3 is 5.76 Å². The van der Waals surface area contributed by atoms with Crippen LogP contribution in [0.3, 0.4) is 0 Å². The van der Waals surface area contributed by atoms with Crippen LogP contribution in [0.15, 0.2) is 51.0 Å². The largest absolute Gasteiger partial charge is 0.437 e. The number of amides is 1. The van der Waals surface area contributed by atoms with Gasteiger partial charge in [0, 0.05) is 13.0 Å². The van der Waals surface area contributed by atoms with Crippen molar-refractivity contribution < 1.29 is 17.6 Å². The molecule has 0 saturated heterocycles. The second kappa shape index (κ2) is 9.16. The number of rotatable bonds is 9. The first-order chi connectivity index (χ1) is 13.9. The summed E-state index contributed by atoms with van der Waals surface area (Å²) in [4.78, 5) is 24.6. The first kappa shape index (κ1) is 21.0. The Balaban J connectivity index is 1.49. The summed E-state index contributed by atoms with van der Waals surface area (Å²) in [5, 5.41) is 8.72. The van der Waals surface area contributed by atoms with Crippen LogP contribution >= 0.6 is 11.3 Å². The molecule has 1 amide bonds. The molecule has 0 spiro atoms.